The fourth-order valence-corrected chi connectivity index (χ4v) is 1.83. The lowest BCUT2D eigenvalue weighted by Gasteiger charge is -2.06. The van der Waals surface area contributed by atoms with Crippen LogP contribution in [0.1, 0.15) is 22.5 Å². The fraction of sp³-hybridized carbons (Fsp3) is 0.308. The van der Waals surface area contributed by atoms with Crippen molar-refractivity contribution in [2.75, 3.05) is 0 Å². The lowest BCUT2D eigenvalue weighted by molar-refractivity contribution is 0.318. The minimum absolute atomic E-state index is 0.00922. The van der Waals surface area contributed by atoms with Crippen molar-refractivity contribution in [2.45, 2.75) is 20.0 Å². The number of amidine groups is 1. The second-order valence-electron chi connectivity index (χ2n) is 4.52. The van der Waals surface area contributed by atoms with Gasteiger partial charge in [0.15, 0.2) is 5.84 Å². The van der Waals surface area contributed by atoms with E-state index in [4.69, 9.17) is 10.9 Å². The van der Waals surface area contributed by atoms with Gasteiger partial charge in [0, 0.05) is 37.6 Å². The first-order valence-corrected chi connectivity index (χ1v) is 6.23. The first-order valence-electron chi connectivity index (χ1n) is 6.23. The van der Waals surface area contributed by atoms with Gasteiger partial charge in [0.1, 0.15) is 5.69 Å². The third-order valence-electron chi connectivity index (χ3n) is 3.18. The van der Waals surface area contributed by atoms with Crippen LogP contribution in [0.25, 0.3) is 0 Å². The summed E-state index contributed by atoms with van der Waals surface area (Å²) in [5.41, 5.74) is 9.30. The summed E-state index contributed by atoms with van der Waals surface area (Å²) < 4.78 is 1.85. The van der Waals surface area contributed by atoms with Gasteiger partial charge in [0.2, 0.25) is 0 Å². The summed E-state index contributed by atoms with van der Waals surface area (Å²) in [7, 11) is 1.92. The number of pyridine rings is 1. The standard InChI is InChI=1S/C13H18N6O/c1-9-11(8-17-19(9)2)7-15-6-10-3-4-16-12(5-10)13(14)18-20/h3-5,8,15,20H,6-7H2,1-2H3,(H2,14,18). The number of rotatable bonds is 5. The first-order chi connectivity index (χ1) is 9.61. The van der Waals surface area contributed by atoms with Crippen LogP contribution in [0.3, 0.4) is 0 Å². The molecule has 7 nitrogen and oxygen atoms in total. The normalized spacial score (nSPS) is 11.8. The van der Waals surface area contributed by atoms with Crippen LogP contribution in [0, 0.1) is 6.92 Å². The van der Waals surface area contributed by atoms with Crippen LogP contribution in [-0.4, -0.2) is 25.8 Å². The summed E-state index contributed by atoms with van der Waals surface area (Å²) in [6.07, 6.45) is 3.50. The highest BCUT2D eigenvalue weighted by Gasteiger charge is 2.04. The van der Waals surface area contributed by atoms with Crippen LogP contribution in [0.2, 0.25) is 0 Å². The molecule has 0 saturated carbocycles. The molecule has 0 radical (unpaired) electrons. The van der Waals surface area contributed by atoms with Gasteiger partial charge in [-0.2, -0.15) is 5.10 Å². The van der Waals surface area contributed by atoms with Crippen molar-refractivity contribution in [2.24, 2.45) is 17.9 Å². The number of nitrogens with zero attached hydrogens (tertiary/aromatic N) is 4. The van der Waals surface area contributed by atoms with Crippen molar-refractivity contribution < 1.29 is 5.21 Å². The summed E-state index contributed by atoms with van der Waals surface area (Å²) in [5.74, 6) is 0.00922. The number of oxime groups is 1. The molecule has 7 heteroatoms. The molecular formula is C13H18N6O. The molecule has 4 N–H and O–H groups in total. The monoisotopic (exact) mass is 274 g/mol. The fourth-order valence-electron chi connectivity index (χ4n) is 1.83. The van der Waals surface area contributed by atoms with E-state index >= 15 is 0 Å². The van der Waals surface area contributed by atoms with Gasteiger partial charge in [0.05, 0.1) is 6.20 Å². The summed E-state index contributed by atoms with van der Waals surface area (Å²) in [6.45, 7) is 3.44. The van der Waals surface area contributed by atoms with E-state index in [1.165, 1.54) is 5.56 Å². The summed E-state index contributed by atoms with van der Waals surface area (Å²) >= 11 is 0. The Morgan fingerprint density at radius 2 is 2.30 bits per heavy atom. The molecule has 0 saturated heterocycles. The van der Waals surface area contributed by atoms with E-state index in [0.29, 0.717) is 12.2 Å². The highest BCUT2D eigenvalue weighted by Crippen LogP contribution is 2.06. The van der Waals surface area contributed by atoms with Crippen molar-refractivity contribution in [3.63, 3.8) is 0 Å². The Kier molecular flexibility index (Phi) is 4.31. The molecule has 106 valence electrons. The third-order valence-corrected chi connectivity index (χ3v) is 3.18. The Morgan fingerprint density at radius 3 is 2.95 bits per heavy atom. The second kappa shape index (κ2) is 6.16. The van der Waals surface area contributed by atoms with Crippen LogP contribution in [0.15, 0.2) is 29.7 Å². The molecule has 2 heterocycles. The van der Waals surface area contributed by atoms with E-state index in [1.54, 1.807) is 12.3 Å². The molecule has 0 aliphatic carbocycles. The van der Waals surface area contributed by atoms with Crippen LogP contribution < -0.4 is 11.1 Å². The Bertz CT molecular complexity index is 619. The molecule has 0 spiro atoms. The predicted molar refractivity (Wildman–Crippen MR) is 75.2 cm³/mol. The van der Waals surface area contributed by atoms with Crippen molar-refractivity contribution in [3.8, 4) is 0 Å². The maximum atomic E-state index is 8.63. The molecular weight excluding hydrogens is 256 g/mol. The zero-order valence-electron chi connectivity index (χ0n) is 11.5. The zero-order valence-corrected chi connectivity index (χ0v) is 11.5. The molecule has 0 atom stereocenters. The third kappa shape index (κ3) is 3.12. The first kappa shape index (κ1) is 14.0. The van der Waals surface area contributed by atoms with E-state index in [1.807, 2.05) is 30.9 Å². The largest absolute Gasteiger partial charge is 0.409 e. The lowest BCUT2D eigenvalue weighted by atomic mass is 10.2. The van der Waals surface area contributed by atoms with Gasteiger partial charge >= 0.3 is 0 Å². The van der Waals surface area contributed by atoms with Crippen LogP contribution in [-0.2, 0) is 20.1 Å². The maximum absolute atomic E-state index is 8.63. The quantitative estimate of drug-likeness (QED) is 0.319. The number of aryl methyl sites for hydroxylation is 1. The molecule has 20 heavy (non-hydrogen) atoms. The summed E-state index contributed by atoms with van der Waals surface area (Å²) in [6, 6.07) is 3.68. The van der Waals surface area contributed by atoms with E-state index in [9.17, 15) is 0 Å². The minimum Gasteiger partial charge on any atom is -0.409 e. The highest BCUT2D eigenvalue weighted by atomic mass is 16.4. The number of nitrogens with two attached hydrogens (primary N) is 1. The average molecular weight is 274 g/mol. The van der Waals surface area contributed by atoms with Crippen molar-refractivity contribution in [1.29, 1.82) is 0 Å². The molecule has 0 aliphatic rings. The van der Waals surface area contributed by atoms with Gasteiger partial charge in [-0.05, 0) is 24.6 Å². The van der Waals surface area contributed by atoms with Crippen LogP contribution in [0.4, 0.5) is 0 Å². The smallest absolute Gasteiger partial charge is 0.188 e. The Morgan fingerprint density at radius 1 is 1.50 bits per heavy atom. The SMILES string of the molecule is Cc1c(CNCc2ccnc(/C(N)=N/O)c2)cnn1C. The number of nitrogens with one attached hydrogen (secondary N) is 1. The molecule has 0 aliphatic heterocycles. The lowest BCUT2D eigenvalue weighted by Crippen LogP contribution is -2.17. The van der Waals surface area contributed by atoms with Gasteiger partial charge in [-0.3, -0.25) is 9.67 Å². The molecule has 0 bridgehead atoms. The zero-order chi connectivity index (χ0) is 14.5. The van der Waals surface area contributed by atoms with E-state index in [2.05, 4.69) is 20.6 Å². The molecule has 2 rings (SSSR count). The van der Waals surface area contributed by atoms with Gasteiger partial charge in [0.25, 0.3) is 0 Å². The Labute approximate surface area is 117 Å². The summed E-state index contributed by atoms with van der Waals surface area (Å²) in [5, 5.41) is 19.1. The van der Waals surface area contributed by atoms with Gasteiger partial charge < -0.3 is 16.3 Å². The van der Waals surface area contributed by atoms with Crippen LogP contribution in [0.5, 0.6) is 0 Å². The highest BCUT2D eigenvalue weighted by molar-refractivity contribution is 5.95. The molecule has 2 aromatic heterocycles. The summed E-state index contributed by atoms with van der Waals surface area (Å²) in [4.78, 5) is 4.04. The van der Waals surface area contributed by atoms with E-state index < -0.39 is 0 Å². The number of hydrogen-bond acceptors (Lipinski definition) is 5. The molecule has 0 fully saturated rings. The molecule has 0 unspecified atom stereocenters. The van der Waals surface area contributed by atoms with Crippen molar-refractivity contribution in [1.82, 2.24) is 20.1 Å². The van der Waals surface area contributed by atoms with Gasteiger partial charge in [-0.25, -0.2) is 0 Å². The van der Waals surface area contributed by atoms with E-state index in [0.717, 1.165) is 17.8 Å². The molecule has 0 aromatic carbocycles. The van der Waals surface area contributed by atoms with E-state index in [-0.39, 0.29) is 5.84 Å². The minimum atomic E-state index is 0.00922. The van der Waals surface area contributed by atoms with Gasteiger partial charge in [-0.1, -0.05) is 5.16 Å². The topological polar surface area (TPSA) is 101 Å². The molecule has 0 amide bonds. The molecule has 2 aromatic rings. The number of hydrogen-bond donors (Lipinski definition) is 3. The average Bonchev–Trinajstić information content (AvgIpc) is 2.79. The van der Waals surface area contributed by atoms with Crippen molar-refractivity contribution >= 4 is 5.84 Å². The Balaban J connectivity index is 1.96. The van der Waals surface area contributed by atoms with Crippen molar-refractivity contribution in [3.05, 3.63) is 47.0 Å². The second-order valence-corrected chi connectivity index (χ2v) is 4.52. The van der Waals surface area contributed by atoms with Crippen LogP contribution >= 0.6 is 0 Å². The maximum Gasteiger partial charge on any atom is 0.188 e. The number of aromatic nitrogens is 3. The predicted octanol–water partition coefficient (Wildman–Crippen LogP) is 0.508. The van der Waals surface area contributed by atoms with Gasteiger partial charge in [-0.15, -0.1) is 0 Å². The Hall–Kier alpha value is -2.41.